The zero-order valence-electron chi connectivity index (χ0n) is 11.9. The maximum atomic E-state index is 13.4. The van der Waals surface area contributed by atoms with E-state index >= 15 is 0 Å². The van der Waals surface area contributed by atoms with Gasteiger partial charge >= 0.3 is 11.8 Å². The second kappa shape index (κ2) is 7.19. The number of carbonyl (C=O) groups is 2. The molecule has 0 spiro atoms. The summed E-state index contributed by atoms with van der Waals surface area (Å²) in [6, 6.07) is 5.55. The highest BCUT2D eigenvalue weighted by atomic mass is 32.2. The van der Waals surface area contributed by atoms with Gasteiger partial charge in [0.2, 0.25) is 0 Å². The number of nitrogens with one attached hydrogen (secondary N) is 3. The van der Waals surface area contributed by atoms with Crippen LogP contribution in [0.2, 0.25) is 0 Å². The molecule has 2 rings (SSSR count). The van der Waals surface area contributed by atoms with Gasteiger partial charge in [-0.15, -0.1) is 4.83 Å². The molecule has 0 aliphatic rings. The normalized spacial score (nSPS) is 11.1. The Kier molecular flexibility index (Phi) is 5.26. The van der Waals surface area contributed by atoms with Crippen LogP contribution in [0.3, 0.4) is 0 Å². The van der Waals surface area contributed by atoms with Crippen LogP contribution in [0.15, 0.2) is 45.9 Å². The topological polar surface area (TPSA) is 118 Å². The summed E-state index contributed by atoms with van der Waals surface area (Å²) in [6.45, 7) is -0.103. The number of carbonyl (C=O) groups excluding carboxylic acids is 2. The Morgan fingerprint density at radius 1 is 1.04 bits per heavy atom. The van der Waals surface area contributed by atoms with Crippen molar-refractivity contribution in [3.8, 4) is 0 Å². The summed E-state index contributed by atoms with van der Waals surface area (Å²) in [5.74, 6) is -4.88. The number of benzene rings is 1. The molecule has 0 radical (unpaired) electrons. The Labute approximate surface area is 134 Å². The van der Waals surface area contributed by atoms with Crippen LogP contribution in [-0.4, -0.2) is 20.2 Å². The molecule has 3 N–H and O–H groups in total. The predicted octanol–water partition coefficient (Wildman–Crippen LogP) is 0.184. The summed E-state index contributed by atoms with van der Waals surface area (Å²) in [4.78, 5) is 23.1. The molecule has 1 aromatic heterocycles. The third-order valence-corrected chi connectivity index (χ3v) is 3.99. The first-order chi connectivity index (χ1) is 11.3. The number of hydrogen-bond acceptors (Lipinski definition) is 5. The van der Waals surface area contributed by atoms with Crippen molar-refractivity contribution in [2.24, 2.45) is 0 Å². The van der Waals surface area contributed by atoms with E-state index in [1.54, 1.807) is 17.6 Å². The van der Waals surface area contributed by atoms with Gasteiger partial charge in [-0.2, -0.15) is 0 Å². The number of hydrogen-bond donors (Lipinski definition) is 3. The van der Waals surface area contributed by atoms with Crippen LogP contribution in [0, 0.1) is 11.6 Å². The molecule has 0 aliphatic carbocycles. The van der Waals surface area contributed by atoms with E-state index in [9.17, 15) is 26.8 Å². The Morgan fingerprint density at radius 3 is 2.29 bits per heavy atom. The highest BCUT2D eigenvalue weighted by molar-refractivity contribution is 7.89. The number of amides is 2. The first kappa shape index (κ1) is 17.6. The summed E-state index contributed by atoms with van der Waals surface area (Å²) < 4.78 is 55.4. The molecule has 1 heterocycles. The van der Waals surface area contributed by atoms with Crippen molar-refractivity contribution >= 4 is 21.8 Å². The van der Waals surface area contributed by atoms with Gasteiger partial charge in [0.15, 0.2) is 4.90 Å². The van der Waals surface area contributed by atoms with Gasteiger partial charge < -0.3 is 9.73 Å². The van der Waals surface area contributed by atoms with E-state index in [4.69, 9.17) is 4.42 Å². The van der Waals surface area contributed by atoms with E-state index < -0.39 is 38.4 Å². The Hall–Kier alpha value is -2.79. The summed E-state index contributed by atoms with van der Waals surface area (Å²) in [5.41, 5.74) is 1.55. The van der Waals surface area contributed by atoms with Gasteiger partial charge in [-0.1, -0.05) is 6.07 Å². The lowest BCUT2D eigenvalue weighted by Crippen LogP contribution is -2.48. The molecule has 2 amide bonds. The highest BCUT2D eigenvalue weighted by Gasteiger charge is 2.25. The van der Waals surface area contributed by atoms with Crippen LogP contribution in [0.1, 0.15) is 5.76 Å². The van der Waals surface area contributed by atoms with Gasteiger partial charge in [-0.05, 0) is 24.3 Å². The smallest absolute Gasteiger partial charge is 0.324 e. The van der Waals surface area contributed by atoms with Gasteiger partial charge in [-0.25, -0.2) is 17.2 Å². The van der Waals surface area contributed by atoms with Crippen LogP contribution < -0.4 is 15.6 Å². The SMILES string of the molecule is O=C(NCc1ccco1)C(=O)NNS(=O)(=O)c1c(F)cccc1F. The fourth-order valence-electron chi connectivity index (χ4n) is 1.62. The van der Waals surface area contributed by atoms with Gasteiger partial charge in [0, 0.05) is 0 Å². The molecule has 0 bridgehead atoms. The predicted molar refractivity (Wildman–Crippen MR) is 75.4 cm³/mol. The molecule has 1 aromatic carbocycles. The minimum atomic E-state index is -4.74. The standard InChI is InChI=1S/C13H11F2N3O5S/c14-9-4-1-5-10(15)11(9)24(21,22)18-17-13(20)12(19)16-7-8-3-2-6-23-8/h1-6,18H,7H2,(H,16,19)(H,17,20). The number of rotatable bonds is 5. The summed E-state index contributed by atoms with van der Waals surface area (Å²) in [5, 5.41) is 2.16. The van der Waals surface area contributed by atoms with Crippen molar-refractivity contribution < 1.29 is 31.2 Å². The fraction of sp³-hybridized carbons (Fsp3) is 0.0769. The zero-order valence-corrected chi connectivity index (χ0v) is 12.7. The Bertz CT molecular complexity index is 832. The van der Waals surface area contributed by atoms with Crippen LogP contribution >= 0.6 is 0 Å². The van der Waals surface area contributed by atoms with Gasteiger partial charge in [-0.3, -0.25) is 15.0 Å². The minimum absolute atomic E-state index is 0.103. The molecule has 0 saturated heterocycles. The maximum Gasteiger partial charge on any atom is 0.324 e. The molecule has 8 nitrogen and oxygen atoms in total. The zero-order chi connectivity index (χ0) is 17.7. The molecule has 0 atom stereocenters. The van der Waals surface area contributed by atoms with Crippen LogP contribution in [0.4, 0.5) is 8.78 Å². The lowest BCUT2D eigenvalue weighted by atomic mass is 10.3. The second-order valence-electron chi connectivity index (χ2n) is 4.37. The van der Waals surface area contributed by atoms with Gasteiger partial charge in [0.1, 0.15) is 17.4 Å². The highest BCUT2D eigenvalue weighted by Crippen LogP contribution is 2.17. The van der Waals surface area contributed by atoms with E-state index in [2.05, 4.69) is 5.32 Å². The van der Waals surface area contributed by atoms with Crippen LogP contribution in [0.25, 0.3) is 0 Å². The lowest BCUT2D eigenvalue weighted by Gasteiger charge is -2.09. The first-order valence-corrected chi connectivity index (χ1v) is 7.86. The second-order valence-corrected chi connectivity index (χ2v) is 5.99. The summed E-state index contributed by atoms with van der Waals surface area (Å²) >= 11 is 0. The molecule has 0 aliphatic heterocycles. The molecule has 0 saturated carbocycles. The fourth-order valence-corrected chi connectivity index (χ4v) is 2.60. The minimum Gasteiger partial charge on any atom is -0.467 e. The molecular weight excluding hydrogens is 348 g/mol. The average Bonchev–Trinajstić information content (AvgIpc) is 3.03. The number of halogens is 2. The van der Waals surface area contributed by atoms with Crippen LogP contribution in [0.5, 0.6) is 0 Å². The molecule has 2 aromatic rings. The van der Waals surface area contributed by atoms with E-state index in [1.807, 2.05) is 0 Å². The Balaban J connectivity index is 1.96. The van der Waals surface area contributed by atoms with Crippen molar-refractivity contribution in [2.45, 2.75) is 11.4 Å². The van der Waals surface area contributed by atoms with Crippen molar-refractivity contribution in [3.63, 3.8) is 0 Å². The van der Waals surface area contributed by atoms with Crippen molar-refractivity contribution in [1.82, 2.24) is 15.6 Å². The molecule has 0 fully saturated rings. The number of hydrazine groups is 1. The van der Waals surface area contributed by atoms with Crippen molar-refractivity contribution in [3.05, 3.63) is 54.0 Å². The van der Waals surface area contributed by atoms with Gasteiger partial charge in [0.25, 0.3) is 10.0 Å². The molecule has 0 unspecified atom stereocenters. The van der Waals surface area contributed by atoms with E-state index in [1.165, 1.54) is 11.1 Å². The lowest BCUT2D eigenvalue weighted by molar-refractivity contribution is -0.139. The van der Waals surface area contributed by atoms with Crippen molar-refractivity contribution in [1.29, 1.82) is 0 Å². The first-order valence-electron chi connectivity index (χ1n) is 6.37. The van der Waals surface area contributed by atoms with Crippen molar-refractivity contribution in [2.75, 3.05) is 0 Å². The third-order valence-electron chi connectivity index (χ3n) is 2.70. The number of sulfonamides is 1. The summed E-state index contributed by atoms with van der Waals surface area (Å²) in [6.07, 6.45) is 1.36. The monoisotopic (exact) mass is 359 g/mol. The average molecular weight is 359 g/mol. The van der Waals surface area contributed by atoms with E-state index in [-0.39, 0.29) is 6.54 Å². The quantitative estimate of drug-likeness (QED) is 0.520. The maximum absolute atomic E-state index is 13.4. The van der Waals surface area contributed by atoms with E-state index in [0.29, 0.717) is 5.76 Å². The molecule has 24 heavy (non-hydrogen) atoms. The third kappa shape index (κ3) is 4.14. The summed E-state index contributed by atoms with van der Waals surface area (Å²) in [7, 11) is -4.74. The largest absolute Gasteiger partial charge is 0.467 e. The number of furan rings is 1. The molecule has 128 valence electrons. The molecule has 11 heteroatoms. The van der Waals surface area contributed by atoms with Gasteiger partial charge in [0.05, 0.1) is 12.8 Å². The van der Waals surface area contributed by atoms with Crippen LogP contribution in [-0.2, 0) is 26.2 Å². The molecular formula is C13H11F2N3O5S. The Morgan fingerprint density at radius 2 is 1.71 bits per heavy atom. The van der Waals surface area contributed by atoms with E-state index in [0.717, 1.165) is 18.2 Å².